The van der Waals surface area contributed by atoms with Gasteiger partial charge < -0.3 is 9.47 Å². The highest BCUT2D eigenvalue weighted by Crippen LogP contribution is 2.30. The number of fused-ring (bicyclic) bond motifs is 2. The topological polar surface area (TPSA) is 52.6 Å². The minimum atomic E-state index is -0.348. The average molecular weight is 312 g/mol. The van der Waals surface area contributed by atoms with Gasteiger partial charge in [0.15, 0.2) is 5.43 Å². The van der Waals surface area contributed by atoms with Crippen molar-refractivity contribution in [3.8, 4) is 5.75 Å². The summed E-state index contributed by atoms with van der Waals surface area (Å²) >= 11 is 1.56. The molecule has 4 nitrogen and oxygen atoms in total. The van der Waals surface area contributed by atoms with Gasteiger partial charge >= 0.3 is 0 Å². The molecule has 0 unspecified atom stereocenters. The molecule has 3 rings (SSSR count). The Kier molecular flexibility index (Phi) is 4.11. The van der Waals surface area contributed by atoms with Gasteiger partial charge in [-0.15, -0.1) is 11.3 Å². The summed E-state index contributed by atoms with van der Waals surface area (Å²) in [5.41, 5.74) is -0.0348. The number of carbonyl (C=O) groups excluding carboxylic acids is 1. The van der Waals surface area contributed by atoms with E-state index in [1.165, 1.54) is 7.85 Å². The first-order valence-corrected chi connectivity index (χ1v) is 7.69. The van der Waals surface area contributed by atoms with E-state index in [9.17, 15) is 9.59 Å². The summed E-state index contributed by atoms with van der Waals surface area (Å²) in [6.45, 7) is 0.381. The first-order chi connectivity index (χ1) is 10.7. The first-order valence-electron chi connectivity index (χ1n) is 6.87. The molecular formula is C16H13BO4S. The van der Waals surface area contributed by atoms with Gasteiger partial charge in [0.2, 0.25) is 13.7 Å². The van der Waals surface area contributed by atoms with Crippen LogP contribution in [0.2, 0.25) is 0 Å². The molecule has 0 atom stereocenters. The van der Waals surface area contributed by atoms with E-state index < -0.39 is 0 Å². The first kappa shape index (κ1) is 14.6. The molecule has 0 radical (unpaired) electrons. The van der Waals surface area contributed by atoms with Gasteiger partial charge in [0, 0.05) is 14.8 Å². The van der Waals surface area contributed by atoms with Gasteiger partial charge in [-0.2, -0.15) is 0 Å². The SMILES string of the molecule is BC(=O)OCCOc1cccc2sc3ccccc3c(=O)c12. The molecule has 0 amide bonds. The quantitative estimate of drug-likeness (QED) is 0.422. The fourth-order valence-corrected chi connectivity index (χ4v) is 3.37. The van der Waals surface area contributed by atoms with Crippen molar-refractivity contribution < 1.29 is 14.3 Å². The number of hydrogen-bond acceptors (Lipinski definition) is 5. The fraction of sp³-hybridized carbons (Fsp3) is 0.125. The van der Waals surface area contributed by atoms with Crippen molar-refractivity contribution in [1.29, 1.82) is 0 Å². The van der Waals surface area contributed by atoms with Gasteiger partial charge in [-0.05, 0) is 24.3 Å². The summed E-state index contributed by atoms with van der Waals surface area (Å²) in [7, 11) is 1.35. The molecule has 22 heavy (non-hydrogen) atoms. The molecule has 0 N–H and O–H groups in total. The maximum atomic E-state index is 12.7. The van der Waals surface area contributed by atoms with E-state index in [1.54, 1.807) is 17.4 Å². The van der Waals surface area contributed by atoms with Gasteiger partial charge in [-0.25, -0.2) is 0 Å². The number of ether oxygens (including phenoxy) is 2. The van der Waals surface area contributed by atoms with Crippen LogP contribution in [0.1, 0.15) is 0 Å². The van der Waals surface area contributed by atoms with Gasteiger partial charge in [-0.1, -0.05) is 18.2 Å². The van der Waals surface area contributed by atoms with Gasteiger partial charge in [-0.3, -0.25) is 9.59 Å². The van der Waals surface area contributed by atoms with E-state index in [4.69, 9.17) is 9.47 Å². The highest BCUT2D eigenvalue weighted by Gasteiger charge is 2.10. The predicted molar refractivity (Wildman–Crippen MR) is 91.0 cm³/mol. The van der Waals surface area contributed by atoms with Crippen LogP contribution in [0.5, 0.6) is 5.75 Å². The molecule has 1 aromatic heterocycles. The molecule has 0 aliphatic heterocycles. The molecule has 0 spiro atoms. The summed E-state index contributed by atoms with van der Waals surface area (Å²) < 4.78 is 12.3. The van der Waals surface area contributed by atoms with Crippen LogP contribution < -0.4 is 10.2 Å². The third-order valence-corrected chi connectivity index (χ3v) is 4.35. The zero-order chi connectivity index (χ0) is 15.5. The average Bonchev–Trinajstić information content (AvgIpc) is 2.51. The second-order valence-electron chi connectivity index (χ2n) is 4.75. The molecule has 0 saturated carbocycles. The summed E-state index contributed by atoms with van der Waals surface area (Å²) in [4.78, 5) is 23.4. The Morgan fingerprint density at radius 2 is 1.82 bits per heavy atom. The summed E-state index contributed by atoms with van der Waals surface area (Å²) in [5, 5.41) is 1.27. The summed E-state index contributed by atoms with van der Waals surface area (Å²) in [6.07, 6.45) is 0. The number of benzene rings is 2. The van der Waals surface area contributed by atoms with E-state index >= 15 is 0 Å². The van der Waals surface area contributed by atoms with Crippen LogP contribution in [-0.4, -0.2) is 26.9 Å². The van der Waals surface area contributed by atoms with E-state index in [0.717, 1.165) is 9.40 Å². The second kappa shape index (κ2) is 6.19. The van der Waals surface area contributed by atoms with Crippen molar-refractivity contribution in [2.45, 2.75) is 0 Å². The van der Waals surface area contributed by atoms with Crippen LogP contribution in [-0.2, 0) is 4.74 Å². The highest BCUT2D eigenvalue weighted by molar-refractivity contribution is 7.24. The van der Waals surface area contributed by atoms with Crippen molar-refractivity contribution >= 4 is 45.2 Å². The Morgan fingerprint density at radius 3 is 2.64 bits per heavy atom. The fourth-order valence-electron chi connectivity index (χ4n) is 2.27. The predicted octanol–water partition coefficient (Wildman–Crippen LogP) is 2.56. The van der Waals surface area contributed by atoms with Crippen LogP contribution in [0.3, 0.4) is 0 Å². The Bertz CT molecular complexity index is 903. The summed E-state index contributed by atoms with van der Waals surface area (Å²) in [6, 6.07) is 13.1. The smallest absolute Gasteiger partial charge is 0.243 e. The van der Waals surface area contributed by atoms with Crippen LogP contribution in [0.15, 0.2) is 47.3 Å². The van der Waals surface area contributed by atoms with Gasteiger partial charge in [0.05, 0.1) is 5.39 Å². The van der Waals surface area contributed by atoms with E-state index in [1.807, 2.05) is 36.4 Å². The lowest BCUT2D eigenvalue weighted by Gasteiger charge is -2.09. The van der Waals surface area contributed by atoms with Gasteiger partial charge in [0.25, 0.3) is 0 Å². The lowest BCUT2D eigenvalue weighted by atomic mass is 10.1. The maximum Gasteiger partial charge on any atom is 0.243 e. The van der Waals surface area contributed by atoms with Crippen LogP contribution in [0.4, 0.5) is 4.79 Å². The largest absolute Gasteiger partial charge is 0.489 e. The molecule has 0 bridgehead atoms. The second-order valence-corrected chi connectivity index (χ2v) is 5.83. The Hall–Kier alpha value is -2.34. The highest BCUT2D eigenvalue weighted by atomic mass is 32.1. The molecule has 1 heterocycles. The Balaban J connectivity index is 2.02. The molecular weight excluding hydrogens is 299 g/mol. The van der Waals surface area contributed by atoms with Crippen molar-refractivity contribution in [3.63, 3.8) is 0 Å². The van der Waals surface area contributed by atoms with E-state index in [-0.39, 0.29) is 24.5 Å². The number of hydrogen-bond donors (Lipinski definition) is 0. The van der Waals surface area contributed by atoms with Crippen molar-refractivity contribution in [2.24, 2.45) is 0 Å². The minimum absolute atomic E-state index is 0.0348. The number of rotatable bonds is 4. The standard InChI is InChI=1S/C16H13BO4S/c17-16(19)21-9-8-20-11-5-3-7-13-14(11)15(18)10-4-1-2-6-12(10)22-13/h1-7H,8-9,17H2. The van der Waals surface area contributed by atoms with Crippen LogP contribution in [0, 0.1) is 0 Å². The molecule has 0 fully saturated rings. The van der Waals surface area contributed by atoms with Crippen molar-refractivity contribution in [1.82, 2.24) is 0 Å². The molecule has 110 valence electrons. The molecule has 6 heteroatoms. The third-order valence-electron chi connectivity index (χ3n) is 3.21. The Morgan fingerprint density at radius 1 is 1.05 bits per heavy atom. The number of carbonyl (C=O) groups is 1. The zero-order valence-electron chi connectivity index (χ0n) is 12.0. The minimum Gasteiger partial charge on any atom is -0.489 e. The van der Waals surface area contributed by atoms with E-state index in [0.29, 0.717) is 16.5 Å². The lowest BCUT2D eigenvalue weighted by molar-refractivity contribution is 0.148. The summed E-state index contributed by atoms with van der Waals surface area (Å²) in [5.74, 6) is 0.177. The lowest BCUT2D eigenvalue weighted by Crippen LogP contribution is -2.12. The molecule has 0 aliphatic rings. The molecule has 3 aromatic rings. The monoisotopic (exact) mass is 312 g/mol. The maximum absolute atomic E-state index is 12.7. The third kappa shape index (κ3) is 2.83. The molecule has 0 aliphatic carbocycles. The zero-order valence-corrected chi connectivity index (χ0v) is 12.8. The molecule has 2 aromatic carbocycles. The normalized spacial score (nSPS) is 10.7. The van der Waals surface area contributed by atoms with Crippen LogP contribution >= 0.6 is 11.3 Å². The van der Waals surface area contributed by atoms with E-state index in [2.05, 4.69) is 0 Å². The molecule has 0 saturated heterocycles. The van der Waals surface area contributed by atoms with Gasteiger partial charge in [0.1, 0.15) is 19.0 Å². The van der Waals surface area contributed by atoms with Crippen molar-refractivity contribution in [3.05, 3.63) is 52.7 Å². The van der Waals surface area contributed by atoms with Crippen molar-refractivity contribution in [2.75, 3.05) is 13.2 Å². The Labute approximate surface area is 131 Å². The van der Waals surface area contributed by atoms with Crippen LogP contribution in [0.25, 0.3) is 20.2 Å².